The zero-order valence-corrected chi connectivity index (χ0v) is 14.7. The standard InChI is InChI=1S/C19H27FO3/c1-12(2)17(21)9-7-8-13(3)18(22)14(4)10-11-15(5)19(23)16(6)20/h7,9-10,12-13,15H,6,8,11H2,1-5H3/b9-7+,14-10+. The fourth-order valence-corrected chi connectivity index (χ4v) is 1.91. The molecule has 2 atom stereocenters. The molecule has 0 aliphatic heterocycles. The quantitative estimate of drug-likeness (QED) is 0.561. The Kier molecular flexibility index (Phi) is 9.23. The Hall–Kier alpha value is -1.84. The Labute approximate surface area is 138 Å². The molecule has 0 saturated heterocycles. The van der Waals surface area contributed by atoms with Crippen LogP contribution in [0.3, 0.4) is 0 Å². The van der Waals surface area contributed by atoms with Crippen LogP contribution >= 0.6 is 0 Å². The van der Waals surface area contributed by atoms with Crippen molar-refractivity contribution in [1.29, 1.82) is 0 Å². The van der Waals surface area contributed by atoms with Crippen molar-refractivity contribution in [3.8, 4) is 0 Å². The maximum absolute atomic E-state index is 12.8. The van der Waals surface area contributed by atoms with Gasteiger partial charge in [-0.3, -0.25) is 14.4 Å². The molecule has 0 bridgehead atoms. The summed E-state index contributed by atoms with van der Waals surface area (Å²) in [4.78, 5) is 35.1. The summed E-state index contributed by atoms with van der Waals surface area (Å²) in [6.45, 7) is 11.7. The fraction of sp³-hybridized carbons (Fsp3) is 0.526. The van der Waals surface area contributed by atoms with E-state index < -0.39 is 17.5 Å². The van der Waals surface area contributed by atoms with Gasteiger partial charge >= 0.3 is 0 Å². The highest BCUT2D eigenvalue weighted by atomic mass is 19.1. The van der Waals surface area contributed by atoms with Gasteiger partial charge in [-0.2, -0.15) is 0 Å². The topological polar surface area (TPSA) is 51.2 Å². The van der Waals surface area contributed by atoms with E-state index in [-0.39, 0.29) is 23.4 Å². The lowest BCUT2D eigenvalue weighted by Crippen LogP contribution is -2.13. The number of halogens is 1. The average molecular weight is 322 g/mol. The Morgan fingerprint density at radius 1 is 1.00 bits per heavy atom. The molecule has 0 heterocycles. The first kappa shape index (κ1) is 21.2. The predicted molar refractivity (Wildman–Crippen MR) is 90.6 cm³/mol. The summed E-state index contributed by atoms with van der Waals surface area (Å²) < 4.78 is 12.8. The van der Waals surface area contributed by atoms with Crippen molar-refractivity contribution < 1.29 is 18.8 Å². The number of carbonyl (C=O) groups excluding carboxylic acids is 3. The van der Waals surface area contributed by atoms with Crippen LogP contribution in [-0.4, -0.2) is 17.3 Å². The molecule has 4 heteroatoms. The monoisotopic (exact) mass is 322 g/mol. The second kappa shape index (κ2) is 10.0. The number of hydrogen-bond acceptors (Lipinski definition) is 3. The van der Waals surface area contributed by atoms with E-state index in [2.05, 4.69) is 6.58 Å². The number of ketones is 3. The second-order valence-corrected chi connectivity index (χ2v) is 6.25. The lowest BCUT2D eigenvalue weighted by atomic mass is 9.94. The van der Waals surface area contributed by atoms with Crippen LogP contribution in [-0.2, 0) is 14.4 Å². The molecule has 128 valence electrons. The van der Waals surface area contributed by atoms with Crippen molar-refractivity contribution in [3.05, 3.63) is 36.2 Å². The first-order valence-corrected chi connectivity index (χ1v) is 7.87. The molecule has 0 radical (unpaired) electrons. The Morgan fingerprint density at radius 3 is 2.00 bits per heavy atom. The summed E-state index contributed by atoms with van der Waals surface area (Å²) >= 11 is 0. The van der Waals surface area contributed by atoms with Gasteiger partial charge in [0.05, 0.1) is 0 Å². The Balaban J connectivity index is 4.58. The number of rotatable bonds is 10. The molecule has 0 amide bonds. The lowest BCUT2D eigenvalue weighted by Gasteiger charge is -2.10. The minimum absolute atomic E-state index is 0.0367. The van der Waals surface area contributed by atoms with E-state index in [1.54, 1.807) is 32.9 Å². The first-order valence-electron chi connectivity index (χ1n) is 7.87. The van der Waals surface area contributed by atoms with Gasteiger partial charge in [0.1, 0.15) is 0 Å². The zero-order chi connectivity index (χ0) is 18.2. The summed E-state index contributed by atoms with van der Waals surface area (Å²) in [6, 6.07) is 0. The van der Waals surface area contributed by atoms with E-state index in [0.29, 0.717) is 18.4 Å². The van der Waals surface area contributed by atoms with Crippen LogP contribution in [0, 0.1) is 17.8 Å². The van der Waals surface area contributed by atoms with Crippen LogP contribution in [0.5, 0.6) is 0 Å². The SMILES string of the molecule is C=C(F)C(=O)C(C)C/C=C(\C)C(=O)C(C)C/C=C/C(=O)C(C)C. The van der Waals surface area contributed by atoms with Crippen molar-refractivity contribution >= 4 is 17.3 Å². The van der Waals surface area contributed by atoms with Crippen molar-refractivity contribution in [2.45, 2.75) is 47.5 Å². The van der Waals surface area contributed by atoms with E-state index in [4.69, 9.17) is 0 Å². The maximum Gasteiger partial charge on any atom is 0.193 e. The summed E-state index contributed by atoms with van der Waals surface area (Å²) in [7, 11) is 0. The molecule has 0 aromatic heterocycles. The van der Waals surface area contributed by atoms with Crippen molar-refractivity contribution in [3.63, 3.8) is 0 Å². The van der Waals surface area contributed by atoms with Gasteiger partial charge in [-0.15, -0.1) is 0 Å². The molecular weight excluding hydrogens is 295 g/mol. The first-order chi connectivity index (χ1) is 10.6. The van der Waals surface area contributed by atoms with Gasteiger partial charge in [0.15, 0.2) is 23.2 Å². The molecule has 0 rings (SSSR count). The third-order valence-electron chi connectivity index (χ3n) is 3.67. The van der Waals surface area contributed by atoms with Crippen molar-refractivity contribution in [2.24, 2.45) is 17.8 Å². The van der Waals surface area contributed by atoms with Crippen LogP contribution in [0.15, 0.2) is 36.2 Å². The molecule has 0 aromatic carbocycles. The van der Waals surface area contributed by atoms with Gasteiger partial charge in [0.25, 0.3) is 0 Å². The molecule has 0 aliphatic carbocycles. The van der Waals surface area contributed by atoms with Crippen molar-refractivity contribution in [1.82, 2.24) is 0 Å². The van der Waals surface area contributed by atoms with E-state index in [1.807, 2.05) is 13.8 Å². The van der Waals surface area contributed by atoms with Crippen LogP contribution in [0.1, 0.15) is 47.5 Å². The Bertz CT molecular complexity index is 527. The molecular formula is C19H27FO3. The highest BCUT2D eigenvalue weighted by Crippen LogP contribution is 2.16. The average Bonchev–Trinajstić information content (AvgIpc) is 2.49. The third-order valence-corrected chi connectivity index (χ3v) is 3.67. The second-order valence-electron chi connectivity index (χ2n) is 6.25. The van der Waals surface area contributed by atoms with Gasteiger partial charge in [-0.25, -0.2) is 4.39 Å². The Morgan fingerprint density at radius 2 is 1.52 bits per heavy atom. The molecule has 2 unspecified atom stereocenters. The minimum atomic E-state index is -0.955. The van der Waals surface area contributed by atoms with E-state index >= 15 is 0 Å². The van der Waals surface area contributed by atoms with Gasteiger partial charge in [0, 0.05) is 17.8 Å². The highest BCUT2D eigenvalue weighted by molar-refractivity contribution is 5.97. The summed E-state index contributed by atoms with van der Waals surface area (Å²) in [6.07, 6.45) is 5.68. The number of carbonyl (C=O) groups is 3. The number of allylic oxidation sites excluding steroid dienone is 5. The normalized spacial score (nSPS) is 14.8. The highest BCUT2D eigenvalue weighted by Gasteiger charge is 2.17. The summed E-state index contributed by atoms with van der Waals surface area (Å²) in [5.41, 5.74) is 0.546. The van der Waals surface area contributed by atoms with Gasteiger partial charge in [-0.05, 0) is 31.4 Å². The smallest absolute Gasteiger partial charge is 0.193 e. The minimum Gasteiger partial charge on any atom is -0.295 e. The number of hydrogen-bond donors (Lipinski definition) is 0. The molecule has 0 fully saturated rings. The molecule has 0 aromatic rings. The molecule has 0 N–H and O–H groups in total. The zero-order valence-electron chi connectivity index (χ0n) is 14.7. The van der Waals surface area contributed by atoms with Gasteiger partial charge in [-0.1, -0.05) is 46.4 Å². The van der Waals surface area contributed by atoms with Gasteiger partial charge < -0.3 is 0 Å². The molecule has 0 aliphatic rings. The van der Waals surface area contributed by atoms with Crippen LogP contribution in [0.4, 0.5) is 4.39 Å². The summed E-state index contributed by atoms with van der Waals surface area (Å²) in [5, 5.41) is 0. The van der Waals surface area contributed by atoms with E-state index in [9.17, 15) is 18.8 Å². The van der Waals surface area contributed by atoms with E-state index in [1.165, 1.54) is 6.08 Å². The fourth-order valence-electron chi connectivity index (χ4n) is 1.91. The molecule has 0 saturated carbocycles. The molecule has 0 spiro atoms. The van der Waals surface area contributed by atoms with E-state index in [0.717, 1.165) is 0 Å². The largest absolute Gasteiger partial charge is 0.295 e. The van der Waals surface area contributed by atoms with Crippen LogP contribution in [0.25, 0.3) is 0 Å². The number of Topliss-reactive ketones (excluding diaryl/α,β-unsaturated/α-hetero) is 2. The summed E-state index contributed by atoms with van der Waals surface area (Å²) in [5.74, 6) is -2.42. The lowest BCUT2D eigenvalue weighted by molar-refractivity contribution is -0.120. The molecule has 3 nitrogen and oxygen atoms in total. The van der Waals surface area contributed by atoms with Gasteiger partial charge in [0.2, 0.25) is 0 Å². The van der Waals surface area contributed by atoms with Crippen molar-refractivity contribution in [2.75, 3.05) is 0 Å². The van der Waals surface area contributed by atoms with Crippen LogP contribution < -0.4 is 0 Å². The maximum atomic E-state index is 12.8. The van der Waals surface area contributed by atoms with Crippen LogP contribution in [0.2, 0.25) is 0 Å². The molecule has 23 heavy (non-hydrogen) atoms. The third kappa shape index (κ3) is 7.82. The predicted octanol–water partition coefficient (Wildman–Crippen LogP) is 4.39.